The summed E-state index contributed by atoms with van der Waals surface area (Å²) in [4.78, 5) is 24.6. The van der Waals surface area contributed by atoms with E-state index in [2.05, 4.69) is 22.6 Å². The van der Waals surface area contributed by atoms with Gasteiger partial charge in [-0.15, -0.1) is 0 Å². The summed E-state index contributed by atoms with van der Waals surface area (Å²) in [6, 6.07) is 0.774. The quantitative estimate of drug-likeness (QED) is 0.570. The maximum atomic E-state index is 11.7. The van der Waals surface area contributed by atoms with Crippen LogP contribution in [0.25, 0.3) is 0 Å². The molecule has 3 unspecified atom stereocenters. The molecule has 0 aliphatic carbocycles. The van der Waals surface area contributed by atoms with Gasteiger partial charge in [-0.3, -0.25) is 0 Å². The Balaban J connectivity index is 1.76. The number of carboxylic acids is 1. The molecule has 2 rings (SSSR count). The van der Waals surface area contributed by atoms with Crippen molar-refractivity contribution in [1.29, 1.82) is 0 Å². The summed E-state index contributed by atoms with van der Waals surface area (Å²) in [6.45, 7) is -0.277. The van der Waals surface area contributed by atoms with Crippen molar-refractivity contribution < 1.29 is 19.8 Å². The molecule has 20 heavy (non-hydrogen) atoms. The van der Waals surface area contributed by atoms with Crippen LogP contribution in [0, 0.1) is 0 Å². The molecule has 0 aromatic carbocycles. The van der Waals surface area contributed by atoms with E-state index in [1.54, 1.807) is 0 Å². The van der Waals surface area contributed by atoms with Crippen LogP contribution in [-0.4, -0.2) is 64.9 Å². The lowest BCUT2D eigenvalue weighted by molar-refractivity contribution is -0.146. The number of aliphatic hydroxyl groups excluding tert-OH is 1. The molecule has 3 atom stereocenters. The zero-order valence-corrected chi connectivity index (χ0v) is 11.7. The molecule has 4 N–H and O–H groups in total. The Hall–Kier alpha value is -1.34. The fraction of sp³-hybridized carbons (Fsp3) is 0.846. The van der Waals surface area contributed by atoms with Crippen molar-refractivity contribution in [2.45, 2.75) is 56.3 Å². The van der Waals surface area contributed by atoms with Crippen molar-refractivity contribution in [3.05, 3.63) is 0 Å². The minimum atomic E-state index is -1.56. The van der Waals surface area contributed by atoms with E-state index in [0.717, 1.165) is 12.8 Å². The Kier molecular flexibility index (Phi) is 4.82. The largest absolute Gasteiger partial charge is 0.479 e. The number of carboxylic acid groups (broad SMARTS) is 1. The van der Waals surface area contributed by atoms with Crippen molar-refractivity contribution in [1.82, 2.24) is 15.5 Å². The number of carbonyl (C=O) groups is 2. The Labute approximate surface area is 118 Å². The third-order valence-electron chi connectivity index (χ3n) is 4.42. The van der Waals surface area contributed by atoms with Crippen LogP contribution in [0.2, 0.25) is 0 Å². The van der Waals surface area contributed by atoms with Gasteiger partial charge in [0, 0.05) is 18.1 Å². The first kappa shape index (κ1) is 15.1. The zero-order chi connectivity index (χ0) is 14.7. The highest BCUT2D eigenvalue weighted by Gasteiger charge is 2.36. The van der Waals surface area contributed by atoms with Crippen LogP contribution < -0.4 is 10.6 Å². The van der Waals surface area contributed by atoms with Gasteiger partial charge < -0.3 is 25.7 Å². The molecule has 0 aromatic rings. The third kappa shape index (κ3) is 3.61. The average molecular weight is 285 g/mol. The summed E-state index contributed by atoms with van der Waals surface area (Å²) in [5.41, 5.74) is 0. The van der Waals surface area contributed by atoms with Crippen LogP contribution in [0.3, 0.4) is 0 Å². The van der Waals surface area contributed by atoms with Crippen molar-refractivity contribution in [3.63, 3.8) is 0 Å². The first-order valence-electron chi connectivity index (χ1n) is 7.14. The average Bonchev–Trinajstić information content (AvgIpc) is 2.37. The number of carbonyl (C=O) groups excluding carboxylic acids is 1. The van der Waals surface area contributed by atoms with Crippen LogP contribution in [-0.2, 0) is 4.79 Å². The Morgan fingerprint density at radius 1 is 1.30 bits per heavy atom. The number of aliphatic hydroxyl groups is 1. The predicted octanol–water partition coefficient (Wildman–Crippen LogP) is -0.254. The van der Waals surface area contributed by atoms with E-state index in [-0.39, 0.29) is 12.6 Å². The molecule has 7 heteroatoms. The van der Waals surface area contributed by atoms with Crippen LogP contribution in [0.4, 0.5) is 4.79 Å². The molecule has 0 saturated carbocycles. The second kappa shape index (κ2) is 6.41. The summed E-state index contributed by atoms with van der Waals surface area (Å²) >= 11 is 0. The number of amides is 2. The minimum Gasteiger partial charge on any atom is -0.479 e. The number of urea groups is 1. The normalized spacial score (nSPS) is 31.4. The molecular weight excluding hydrogens is 262 g/mol. The maximum absolute atomic E-state index is 11.7. The molecule has 7 nitrogen and oxygen atoms in total. The number of hydrogen-bond donors (Lipinski definition) is 4. The smallest absolute Gasteiger partial charge is 0.334 e. The van der Waals surface area contributed by atoms with Gasteiger partial charge in [-0.25, -0.2) is 9.59 Å². The summed E-state index contributed by atoms with van der Waals surface area (Å²) < 4.78 is 0. The standard InChI is InChI=1S/C13H23N3O4/c1-16-9-3-2-4-10(16)6-8(5-9)15-13(20)14-7-11(17)12(18)19/h8-11,17H,2-7H2,1H3,(H,18,19)(H2,14,15,20). The molecule has 2 fully saturated rings. The van der Waals surface area contributed by atoms with Gasteiger partial charge in [0.1, 0.15) is 0 Å². The van der Waals surface area contributed by atoms with Crippen molar-refractivity contribution in [3.8, 4) is 0 Å². The highest BCUT2D eigenvalue weighted by molar-refractivity contribution is 5.76. The molecule has 2 amide bonds. The van der Waals surface area contributed by atoms with E-state index in [1.165, 1.54) is 19.3 Å². The van der Waals surface area contributed by atoms with Gasteiger partial charge in [-0.2, -0.15) is 0 Å². The van der Waals surface area contributed by atoms with Crippen LogP contribution in [0.5, 0.6) is 0 Å². The van der Waals surface area contributed by atoms with Gasteiger partial charge in [0.05, 0.1) is 6.54 Å². The first-order valence-corrected chi connectivity index (χ1v) is 7.14. The highest BCUT2D eigenvalue weighted by Crippen LogP contribution is 2.32. The van der Waals surface area contributed by atoms with Gasteiger partial charge in [0.2, 0.25) is 0 Å². The van der Waals surface area contributed by atoms with E-state index in [4.69, 9.17) is 10.2 Å². The molecule has 0 aromatic heterocycles. The molecule has 114 valence electrons. The fourth-order valence-corrected chi connectivity index (χ4v) is 3.25. The number of rotatable bonds is 4. The molecule has 2 saturated heterocycles. The number of nitrogens with zero attached hydrogens (tertiary/aromatic N) is 1. The Morgan fingerprint density at radius 2 is 1.90 bits per heavy atom. The SMILES string of the molecule is CN1C2CCCC1CC(NC(=O)NCC(O)C(=O)O)C2. The molecule has 0 radical (unpaired) electrons. The van der Waals surface area contributed by atoms with Crippen LogP contribution in [0.15, 0.2) is 0 Å². The maximum Gasteiger partial charge on any atom is 0.334 e. The summed E-state index contributed by atoms with van der Waals surface area (Å²) in [6.07, 6.45) is 3.90. The lowest BCUT2D eigenvalue weighted by atomic mass is 9.82. The van der Waals surface area contributed by atoms with Crippen molar-refractivity contribution >= 4 is 12.0 Å². The first-order chi connectivity index (χ1) is 9.47. The summed E-state index contributed by atoms with van der Waals surface area (Å²) in [5.74, 6) is -1.33. The second-order valence-corrected chi connectivity index (χ2v) is 5.78. The van der Waals surface area contributed by atoms with Crippen LogP contribution in [0.1, 0.15) is 32.1 Å². The van der Waals surface area contributed by atoms with Gasteiger partial charge in [-0.05, 0) is 32.7 Å². The van der Waals surface area contributed by atoms with E-state index < -0.39 is 18.1 Å². The number of piperidine rings is 2. The zero-order valence-electron chi connectivity index (χ0n) is 11.7. The Morgan fingerprint density at radius 3 is 2.45 bits per heavy atom. The fourth-order valence-electron chi connectivity index (χ4n) is 3.25. The number of nitrogens with one attached hydrogen (secondary N) is 2. The molecule has 0 spiro atoms. The number of aliphatic carboxylic acids is 1. The summed E-state index contributed by atoms with van der Waals surface area (Å²) in [5, 5.41) is 22.9. The van der Waals surface area contributed by atoms with Gasteiger partial charge in [0.25, 0.3) is 0 Å². The van der Waals surface area contributed by atoms with Gasteiger partial charge in [0.15, 0.2) is 6.10 Å². The van der Waals surface area contributed by atoms with E-state index in [9.17, 15) is 9.59 Å². The van der Waals surface area contributed by atoms with E-state index in [1.807, 2.05) is 0 Å². The summed E-state index contributed by atoms with van der Waals surface area (Å²) in [7, 11) is 2.15. The van der Waals surface area contributed by atoms with Gasteiger partial charge in [-0.1, -0.05) is 6.42 Å². The van der Waals surface area contributed by atoms with E-state index >= 15 is 0 Å². The van der Waals surface area contributed by atoms with Crippen LogP contribution >= 0.6 is 0 Å². The Bertz CT molecular complexity index is 363. The number of hydrogen-bond acceptors (Lipinski definition) is 4. The molecule has 2 heterocycles. The molecule has 2 aliphatic rings. The van der Waals surface area contributed by atoms with Crippen molar-refractivity contribution in [2.75, 3.05) is 13.6 Å². The van der Waals surface area contributed by atoms with Gasteiger partial charge >= 0.3 is 12.0 Å². The van der Waals surface area contributed by atoms with Crippen molar-refractivity contribution in [2.24, 2.45) is 0 Å². The third-order valence-corrected chi connectivity index (χ3v) is 4.42. The monoisotopic (exact) mass is 285 g/mol. The predicted molar refractivity (Wildman–Crippen MR) is 72.4 cm³/mol. The van der Waals surface area contributed by atoms with E-state index in [0.29, 0.717) is 12.1 Å². The minimum absolute atomic E-state index is 0.128. The molecular formula is C13H23N3O4. The highest BCUT2D eigenvalue weighted by atomic mass is 16.4. The lowest BCUT2D eigenvalue weighted by Gasteiger charge is -2.47. The second-order valence-electron chi connectivity index (χ2n) is 5.78. The molecule has 2 bridgehead atoms. The topological polar surface area (TPSA) is 102 Å². The number of fused-ring (bicyclic) bond motifs is 2. The lowest BCUT2D eigenvalue weighted by Crippen LogP contribution is -2.56. The molecule has 2 aliphatic heterocycles.